The molecule has 1 aliphatic rings. The molecule has 1 aliphatic heterocycles. The lowest BCUT2D eigenvalue weighted by Gasteiger charge is -2.36. The van der Waals surface area contributed by atoms with Crippen LogP contribution in [0.2, 0.25) is 0 Å². The van der Waals surface area contributed by atoms with Crippen LogP contribution in [0.5, 0.6) is 0 Å². The van der Waals surface area contributed by atoms with Crippen LogP contribution in [0, 0.1) is 0 Å². The van der Waals surface area contributed by atoms with Gasteiger partial charge < -0.3 is 14.9 Å². The van der Waals surface area contributed by atoms with E-state index in [1.54, 1.807) is 20.8 Å². The first-order valence-corrected chi connectivity index (χ1v) is 5.18. The summed E-state index contributed by atoms with van der Waals surface area (Å²) in [7, 11) is 0. The van der Waals surface area contributed by atoms with Crippen molar-refractivity contribution in [3.8, 4) is 0 Å². The maximum Gasteiger partial charge on any atom is 0.408 e. The number of amides is 2. The van der Waals surface area contributed by atoms with Gasteiger partial charge in [-0.25, -0.2) is 4.79 Å². The standard InChI is InChI=1S/C10H16N2O5/c1-6(13)17-12-5-7(8(12)14)11-9(15)16-10(2,3)4/h7H,5H2,1-4H3,(H,11,15)/t7-/m0/s1. The van der Waals surface area contributed by atoms with E-state index >= 15 is 0 Å². The van der Waals surface area contributed by atoms with E-state index in [1.165, 1.54) is 6.92 Å². The van der Waals surface area contributed by atoms with Crippen molar-refractivity contribution in [3.63, 3.8) is 0 Å². The number of alkyl carbamates (subject to hydrolysis) is 1. The highest BCUT2D eigenvalue weighted by atomic mass is 16.7. The van der Waals surface area contributed by atoms with Crippen LogP contribution in [0.1, 0.15) is 27.7 Å². The molecule has 7 nitrogen and oxygen atoms in total. The van der Waals surface area contributed by atoms with Gasteiger partial charge in [0.05, 0.1) is 6.54 Å². The number of β-lactam (4-membered cyclic amide) rings is 1. The molecule has 0 saturated carbocycles. The summed E-state index contributed by atoms with van der Waals surface area (Å²) in [5, 5.41) is 3.28. The second kappa shape index (κ2) is 4.60. The molecule has 0 radical (unpaired) electrons. The summed E-state index contributed by atoms with van der Waals surface area (Å²) in [6.07, 6.45) is -0.668. The Balaban J connectivity index is 2.34. The Hall–Kier alpha value is -1.79. The fraction of sp³-hybridized carbons (Fsp3) is 0.700. The second-order valence-corrected chi connectivity index (χ2v) is 4.68. The molecule has 96 valence electrons. The maximum absolute atomic E-state index is 11.4. The number of nitrogens with one attached hydrogen (secondary N) is 1. The number of nitrogens with zero attached hydrogens (tertiary/aromatic N) is 1. The Morgan fingerprint density at radius 2 is 2.00 bits per heavy atom. The zero-order chi connectivity index (χ0) is 13.2. The number of rotatable bonds is 2. The molecule has 0 bridgehead atoms. The molecule has 1 atom stereocenters. The van der Waals surface area contributed by atoms with Crippen molar-refractivity contribution >= 4 is 18.0 Å². The Labute approximate surface area is 99.0 Å². The number of carbonyl (C=O) groups is 3. The van der Waals surface area contributed by atoms with Gasteiger partial charge in [-0.2, -0.15) is 5.06 Å². The molecule has 1 heterocycles. The van der Waals surface area contributed by atoms with E-state index in [1.807, 2.05) is 0 Å². The van der Waals surface area contributed by atoms with Crippen molar-refractivity contribution in [1.29, 1.82) is 0 Å². The molecule has 0 aromatic rings. The summed E-state index contributed by atoms with van der Waals surface area (Å²) in [6.45, 7) is 6.50. The van der Waals surface area contributed by atoms with Gasteiger partial charge in [0.1, 0.15) is 11.6 Å². The van der Waals surface area contributed by atoms with Gasteiger partial charge in [-0.1, -0.05) is 0 Å². The van der Waals surface area contributed by atoms with Crippen LogP contribution >= 0.6 is 0 Å². The van der Waals surface area contributed by atoms with Crippen LogP contribution < -0.4 is 5.32 Å². The monoisotopic (exact) mass is 244 g/mol. The predicted molar refractivity (Wildman–Crippen MR) is 56.6 cm³/mol. The van der Waals surface area contributed by atoms with E-state index in [0.29, 0.717) is 0 Å². The molecule has 0 aromatic heterocycles. The van der Waals surface area contributed by atoms with E-state index in [-0.39, 0.29) is 6.54 Å². The van der Waals surface area contributed by atoms with Gasteiger partial charge in [0.2, 0.25) is 0 Å². The van der Waals surface area contributed by atoms with Crippen molar-refractivity contribution in [1.82, 2.24) is 10.4 Å². The normalized spacial score (nSPS) is 19.4. The average molecular weight is 244 g/mol. The molecule has 0 spiro atoms. The fourth-order valence-corrected chi connectivity index (χ4v) is 1.19. The third-order valence-corrected chi connectivity index (χ3v) is 1.82. The van der Waals surface area contributed by atoms with Crippen LogP contribution in [0.15, 0.2) is 0 Å². The molecule has 1 rings (SSSR count). The number of hydrogen-bond donors (Lipinski definition) is 1. The van der Waals surface area contributed by atoms with Gasteiger partial charge in [0.25, 0.3) is 5.91 Å². The first-order chi connectivity index (χ1) is 7.69. The van der Waals surface area contributed by atoms with E-state index in [9.17, 15) is 14.4 Å². The van der Waals surface area contributed by atoms with Gasteiger partial charge >= 0.3 is 12.1 Å². The topological polar surface area (TPSA) is 84.9 Å². The zero-order valence-corrected chi connectivity index (χ0v) is 10.3. The van der Waals surface area contributed by atoms with Gasteiger partial charge in [-0.15, -0.1) is 0 Å². The summed E-state index contributed by atoms with van der Waals surface area (Å²) < 4.78 is 4.98. The van der Waals surface area contributed by atoms with Crippen molar-refractivity contribution in [2.45, 2.75) is 39.3 Å². The summed E-state index contributed by atoms with van der Waals surface area (Å²) in [5.41, 5.74) is -0.619. The van der Waals surface area contributed by atoms with E-state index in [0.717, 1.165) is 5.06 Å². The first-order valence-electron chi connectivity index (χ1n) is 5.18. The summed E-state index contributed by atoms with van der Waals surface area (Å²) in [6, 6.07) is -0.691. The predicted octanol–water partition coefficient (Wildman–Crippen LogP) is 0.200. The Morgan fingerprint density at radius 1 is 1.41 bits per heavy atom. The van der Waals surface area contributed by atoms with Crippen LogP contribution in [0.25, 0.3) is 0 Å². The largest absolute Gasteiger partial charge is 0.444 e. The number of ether oxygens (including phenoxy) is 1. The van der Waals surface area contributed by atoms with Gasteiger partial charge in [-0.05, 0) is 20.8 Å². The highest BCUT2D eigenvalue weighted by Gasteiger charge is 2.41. The summed E-state index contributed by atoms with van der Waals surface area (Å²) >= 11 is 0. The highest BCUT2D eigenvalue weighted by Crippen LogP contribution is 2.12. The number of hydroxylamine groups is 2. The smallest absolute Gasteiger partial charge is 0.408 e. The summed E-state index contributed by atoms with van der Waals surface area (Å²) in [5.74, 6) is -1.04. The third kappa shape index (κ3) is 3.93. The molecule has 2 amide bonds. The summed E-state index contributed by atoms with van der Waals surface area (Å²) in [4.78, 5) is 37.8. The average Bonchev–Trinajstić information content (AvgIpc) is 2.12. The lowest BCUT2D eigenvalue weighted by atomic mass is 10.1. The Kier molecular flexibility index (Phi) is 3.59. The maximum atomic E-state index is 11.4. The van der Waals surface area contributed by atoms with Crippen molar-refractivity contribution in [2.24, 2.45) is 0 Å². The van der Waals surface area contributed by atoms with Gasteiger partial charge in [0, 0.05) is 6.92 Å². The first kappa shape index (κ1) is 13.3. The molecule has 0 aliphatic carbocycles. The van der Waals surface area contributed by atoms with Crippen LogP contribution in [-0.2, 0) is 19.2 Å². The minimum atomic E-state index is -0.691. The quantitative estimate of drug-likeness (QED) is 0.701. The minimum absolute atomic E-state index is 0.137. The molecule has 0 aromatic carbocycles. The molecule has 17 heavy (non-hydrogen) atoms. The van der Waals surface area contributed by atoms with Crippen LogP contribution in [-0.4, -0.2) is 41.2 Å². The molecular weight excluding hydrogens is 228 g/mol. The number of carbonyl (C=O) groups excluding carboxylic acids is 3. The van der Waals surface area contributed by atoms with Crippen molar-refractivity contribution in [3.05, 3.63) is 0 Å². The lowest BCUT2D eigenvalue weighted by molar-refractivity contribution is -0.214. The molecule has 1 fully saturated rings. The molecular formula is C10H16N2O5. The number of hydrogen-bond acceptors (Lipinski definition) is 5. The Bertz CT molecular complexity index is 347. The minimum Gasteiger partial charge on any atom is -0.444 e. The molecule has 1 saturated heterocycles. The van der Waals surface area contributed by atoms with E-state index in [2.05, 4.69) is 10.2 Å². The zero-order valence-electron chi connectivity index (χ0n) is 10.3. The lowest BCUT2D eigenvalue weighted by Crippen LogP contribution is -2.64. The van der Waals surface area contributed by atoms with Crippen molar-refractivity contribution in [2.75, 3.05) is 6.54 Å². The fourth-order valence-electron chi connectivity index (χ4n) is 1.19. The Morgan fingerprint density at radius 3 is 2.41 bits per heavy atom. The van der Waals surface area contributed by atoms with E-state index in [4.69, 9.17) is 4.74 Å². The van der Waals surface area contributed by atoms with E-state index < -0.39 is 29.6 Å². The van der Waals surface area contributed by atoms with Gasteiger partial charge in [-0.3, -0.25) is 9.59 Å². The SMILES string of the molecule is CC(=O)ON1C[C@H](NC(=O)OC(C)(C)C)C1=O. The molecule has 0 unspecified atom stereocenters. The van der Waals surface area contributed by atoms with Crippen molar-refractivity contribution < 1.29 is 24.0 Å². The third-order valence-electron chi connectivity index (χ3n) is 1.82. The highest BCUT2D eigenvalue weighted by molar-refractivity contribution is 5.91. The molecule has 7 heteroatoms. The second-order valence-electron chi connectivity index (χ2n) is 4.68. The molecule has 1 N–H and O–H groups in total. The van der Waals surface area contributed by atoms with Gasteiger partial charge in [0.15, 0.2) is 0 Å². The van der Waals surface area contributed by atoms with Crippen LogP contribution in [0.4, 0.5) is 4.79 Å². The van der Waals surface area contributed by atoms with Crippen LogP contribution in [0.3, 0.4) is 0 Å².